The van der Waals surface area contributed by atoms with E-state index in [1.165, 1.54) is 16.4 Å². The van der Waals surface area contributed by atoms with E-state index in [0.29, 0.717) is 11.7 Å². The number of tetrazole rings is 1. The highest BCUT2D eigenvalue weighted by Gasteiger charge is 2.19. The second-order valence-electron chi connectivity index (χ2n) is 4.37. The van der Waals surface area contributed by atoms with Gasteiger partial charge in [-0.2, -0.15) is 0 Å². The van der Waals surface area contributed by atoms with Crippen molar-refractivity contribution in [1.82, 2.24) is 25.5 Å². The van der Waals surface area contributed by atoms with Gasteiger partial charge in [-0.1, -0.05) is 25.1 Å². The van der Waals surface area contributed by atoms with E-state index in [1.54, 1.807) is 0 Å². The highest BCUT2D eigenvalue weighted by molar-refractivity contribution is 8.00. The van der Waals surface area contributed by atoms with E-state index in [1.807, 2.05) is 13.8 Å². The highest BCUT2D eigenvalue weighted by Crippen LogP contribution is 2.20. The third-order valence-electron chi connectivity index (χ3n) is 2.57. The molecule has 7 nitrogen and oxygen atoms in total. The van der Waals surface area contributed by atoms with E-state index in [4.69, 9.17) is 5.11 Å². The van der Waals surface area contributed by atoms with E-state index >= 15 is 0 Å². The molecule has 0 aromatic carbocycles. The molecule has 8 heteroatoms. The first kappa shape index (κ1) is 15.9. The van der Waals surface area contributed by atoms with Gasteiger partial charge < -0.3 is 10.4 Å². The largest absolute Gasteiger partial charge is 0.394 e. The van der Waals surface area contributed by atoms with E-state index in [-0.39, 0.29) is 23.8 Å². The summed E-state index contributed by atoms with van der Waals surface area (Å²) in [5, 5.41) is 23.2. The minimum Gasteiger partial charge on any atom is -0.394 e. The molecule has 0 spiro atoms. The number of nitrogens with zero attached hydrogens (tertiary/aromatic N) is 4. The molecule has 0 saturated carbocycles. The fourth-order valence-corrected chi connectivity index (χ4v) is 2.42. The molecule has 0 radical (unpaired) electrons. The van der Waals surface area contributed by atoms with Crippen LogP contribution in [0.5, 0.6) is 0 Å². The molecule has 1 aromatic rings. The van der Waals surface area contributed by atoms with Crippen LogP contribution >= 0.6 is 11.8 Å². The lowest BCUT2D eigenvalue weighted by Crippen LogP contribution is -2.37. The number of carbonyl (C=O) groups is 1. The summed E-state index contributed by atoms with van der Waals surface area (Å²) in [7, 11) is 0. The Labute approximate surface area is 117 Å². The Morgan fingerprint density at radius 3 is 2.89 bits per heavy atom. The summed E-state index contributed by atoms with van der Waals surface area (Å²) in [5.74, 6) is -0.0236. The van der Waals surface area contributed by atoms with Gasteiger partial charge in [0.2, 0.25) is 11.1 Å². The standard InChI is InChI=1S/C11H21N5O2S/c1-4-5-8(2)12-10(18)9(3)19-11-13-14-15-16(11)6-7-17/h8-9,17H,4-7H2,1-3H3,(H,12,18). The van der Waals surface area contributed by atoms with E-state index in [9.17, 15) is 4.79 Å². The number of aliphatic hydroxyl groups is 1. The fourth-order valence-electron chi connectivity index (χ4n) is 1.59. The van der Waals surface area contributed by atoms with Crippen LogP contribution in [0.1, 0.15) is 33.6 Å². The van der Waals surface area contributed by atoms with Gasteiger partial charge in [0, 0.05) is 6.04 Å². The molecule has 2 unspecified atom stereocenters. The summed E-state index contributed by atoms with van der Waals surface area (Å²) in [6.07, 6.45) is 2.00. The average molecular weight is 287 g/mol. The van der Waals surface area contributed by atoms with Crippen LogP contribution in [0.4, 0.5) is 0 Å². The summed E-state index contributed by atoms with van der Waals surface area (Å²) >= 11 is 1.29. The number of aromatic nitrogens is 4. The molecular formula is C11H21N5O2S. The van der Waals surface area contributed by atoms with Gasteiger partial charge in [-0.05, 0) is 30.7 Å². The Morgan fingerprint density at radius 2 is 2.26 bits per heavy atom. The van der Waals surface area contributed by atoms with Gasteiger partial charge in [-0.25, -0.2) is 4.68 Å². The lowest BCUT2D eigenvalue weighted by Gasteiger charge is -2.16. The molecule has 19 heavy (non-hydrogen) atoms. The van der Waals surface area contributed by atoms with Gasteiger partial charge in [-0.15, -0.1) is 5.10 Å². The van der Waals surface area contributed by atoms with Crippen molar-refractivity contribution in [2.75, 3.05) is 6.61 Å². The molecule has 2 atom stereocenters. The quantitative estimate of drug-likeness (QED) is 0.674. The van der Waals surface area contributed by atoms with Crippen LogP contribution < -0.4 is 5.32 Å². The monoisotopic (exact) mass is 287 g/mol. The van der Waals surface area contributed by atoms with Gasteiger partial charge in [-0.3, -0.25) is 4.79 Å². The third-order valence-corrected chi connectivity index (χ3v) is 3.64. The van der Waals surface area contributed by atoms with Crippen LogP contribution in [-0.4, -0.2) is 49.1 Å². The predicted octanol–water partition coefficient (Wildman–Crippen LogP) is 0.451. The summed E-state index contributed by atoms with van der Waals surface area (Å²) < 4.78 is 1.49. The number of nitrogens with one attached hydrogen (secondary N) is 1. The molecule has 108 valence electrons. The van der Waals surface area contributed by atoms with Gasteiger partial charge in [0.1, 0.15) is 0 Å². The van der Waals surface area contributed by atoms with Gasteiger partial charge in [0.15, 0.2) is 0 Å². The second-order valence-corrected chi connectivity index (χ2v) is 5.67. The first-order valence-electron chi connectivity index (χ1n) is 6.42. The summed E-state index contributed by atoms with van der Waals surface area (Å²) in [4.78, 5) is 12.0. The van der Waals surface area contributed by atoms with Gasteiger partial charge >= 0.3 is 0 Å². The number of rotatable bonds is 8. The fraction of sp³-hybridized carbons (Fsp3) is 0.818. The molecular weight excluding hydrogens is 266 g/mol. The van der Waals surface area contributed by atoms with Crippen molar-refractivity contribution in [3.63, 3.8) is 0 Å². The maximum atomic E-state index is 12.0. The van der Waals surface area contributed by atoms with Crippen LogP contribution in [-0.2, 0) is 11.3 Å². The Hall–Kier alpha value is -1.15. The summed E-state index contributed by atoms with van der Waals surface area (Å²) in [6.45, 7) is 6.19. The molecule has 1 rings (SSSR count). The Balaban J connectivity index is 2.51. The summed E-state index contributed by atoms with van der Waals surface area (Å²) in [5.41, 5.74) is 0. The lowest BCUT2D eigenvalue weighted by molar-refractivity contribution is -0.120. The highest BCUT2D eigenvalue weighted by atomic mass is 32.2. The van der Waals surface area contributed by atoms with Crippen LogP contribution in [0.15, 0.2) is 5.16 Å². The molecule has 2 N–H and O–H groups in total. The second kappa shape index (κ2) is 8.11. The number of hydrogen-bond acceptors (Lipinski definition) is 6. The number of hydrogen-bond donors (Lipinski definition) is 2. The van der Waals surface area contributed by atoms with Gasteiger partial charge in [0.25, 0.3) is 0 Å². The Morgan fingerprint density at radius 1 is 1.53 bits per heavy atom. The first-order valence-corrected chi connectivity index (χ1v) is 7.30. The van der Waals surface area contributed by atoms with E-state index in [2.05, 4.69) is 27.8 Å². The molecule has 0 saturated heterocycles. The third kappa shape index (κ3) is 5.15. The maximum Gasteiger partial charge on any atom is 0.233 e. The van der Waals surface area contributed by atoms with Crippen molar-refractivity contribution in [3.05, 3.63) is 0 Å². The first-order chi connectivity index (χ1) is 9.08. The Kier molecular flexibility index (Phi) is 6.79. The van der Waals surface area contributed by atoms with Crippen molar-refractivity contribution in [2.24, 2.45) is 0 Å². The SMILES string of the molecule is CCCC(C)NC(=O)C(C)Sc1nnnn1CCO. The molecule has 0 bridgehead atoms. The van der Waals surface area contributed by atoms with E-state index < -0.39 is 0 Å². The predicted molar refractivity (Wildman–Crippen MR) is 72.7 cm³/mol. The van der Waals surface area contributed by atoms with Crippen molar-refractivity contribution in [1.29, 1.82) is 0 Å². The van der Waals surface area contributed by atoms with Crippen molar-refractivity contribution in [2.45, 2.75) is 56.6 Å². The van der Waals surface area contributed by atoms with Crippen molar-refractivity contribution in [3.8, 4) is 0 Å². The van der Waals surface area contributed by atoms with E-state index in [0.717, 1.165) is 12.8 Å². The zero-order valence-electron chi connectivity index (χ0n) is 11.5. The number of aliphatic hydroxyl groups excluding tert-OH is 1. The smallest absolute Gasteiger partial charge is 0.233 e. The van der Waals surface area contributed by atoms with Crippen molar-refractivity contribution >= 4 is 17.7 Å². The molecule has 0 aliphatic carbocycles. The van der Waals surface area contributed by atoms with Gasteiger partial charge in [0.05, 0.1) is 18.4 Å². The average Bonchev–Trinajstić information content (AvgIpc) is 2.77. The lowest BCUT2D eigenvalue weighted by atomic mass is 10.2. The molecule has 1 heterocycles. The zero-order valence-corrected chi connectivity index (χ0v) is 12.4. The minimum absolute atomic E-state index is 0.0236. The molecule has 0 aliphatic rings. The zero-order chi connectivity index (χ0) is 14.3. The minimum atomic E-state index is -0.275. The maximum absolute atomic E-state index is 12.0. The number of amides is 1. The molecule has 1 aromatic heterocycles. The topological polar surface area (TPSA) is 92.9 Å². The Bertz CT molecular complexity index is 398. The number of carbonyl (C=O) groups excluding carboxylic acids is 1. The number of thioether (sulfide) groups is 1. The molecule has 1 amide bonds. The van der Waals surface area contributed by atoms with Crippen molar-refractivity contribution < 1.29 is 9.90 Å². The molecule has 0 aliphatic heterocycles. The van der Waals surface area contributed by atoms with Crippen LogP contribution in [0, 0.1) is 0 Å². The van der Waals surface area contributed by atoms with Crippen LogP contribution in [0.25, 0.3) is 0 Å². The normalized spacial score (nSPS) is 14.1. The summed E-state index contributed by atoms with van der Waals surface area (Å²) in [6, 6.07) is 0.175. The van der Waals surface area contributed by atoms with Crippen LogP contribution in [0.3, 0.4) is 0 Å². The van der Waals surface area contributed by atoms with Crippen LogP contribution in [0.2, 0.25) is 0 Å². The molecule has 0 fully saturated rings.